The normalized spacial score (nSPS) is 25.3. The number of Topliss-reactive ketones (excluding diaryl/α,β-unsaturated/α-hetero) is 1. The topological polar surface area (TPSA) is 54.4 Å². The summed E-state index contributed by atoms with van der Waals surface area (Å²) in [6.45, 7) is 3.46. The molecule has 1 aliphatic carbocycles. The second-order valence-electron chi connectivity index (χ2n) is 3.14. The number of carboxylic acid groups (broad SMARTS) is 1. The van der Waals surface area contributed by atoms with Gasteiger partial charge in [-0.25, -0.2) is 0 Å². The molecular formula is C9H12O3. The van der Waals surface area contributed by atoms with Gasteiger partial charge in [0.1, 0.15) is 5.78 Å². The van der Waals surface area contributed by atoms with Gasteiger partial charge in [-0.3, -0.25) is 9.59 Å². The van der Waals surface area contributed by atoms with Gasteiger partial charge >= 0.3 is 5.97 Å². The molecule has 0 radical (unpaired) electrons. The highest BCUT2D eigenvalue weighted by molar-refractivity contribution is 5.82. The van der Waals surface area contributed by atoms with E-state index < -0.39 is 11.9 Å². The molecule has 3 nitrogen and oxygen atoms in total. The Balaban J connectivity index is 2.61. The van der Waals surface area contributed by atoms with E-state index in [1.54, 1.807) is 0 Å². The lowest BCUT2D eigenvalue weighted by Gasteiger charge is -2.13. The molecule has 0 aromatic heterocycles. The Morgan fingerprint density at radius 2 is 2.42 bits per heavy atom. The number of carbonyl (C=O) groups excluding carboxylic acids is 1. The van der Waals surface area contributed by atoms with Crippen molar-refractivity contribution in [2.24, 2.45) is 11.8 Å². The summed E-state index contributed by atoms with van der Waals surface area (Å²) in [5, 5.41) is 8.74. The van der Waals surface area contributed by atoms with Crippen molar-refractivity contribution >= 4 is 11.8 Å². The first-order valence-corrected chi connectivity index (χ1v) is 4.02. The van der Waals surface area contributed by atoms with Gasteiger partial charge in [0.25, 0.3) is 0 Å². The molecule has 0 spiro atoms. The fourth-order valence-electron chi connectivity index (χ4n) is 1.64. The van der Waals surface area contributed by atoms with Gasteiger partial charge in [0, 0.05) is 12.8 Å². The van der Waals surface area contributed by atoms with Gasteiger partial charge in [0.15, 0.2) is 0 Å². The summed E-state index contributed by atoms with van der Waals surface area (Å²) in [7, 11) is 0. The molecule has 0 bridgehead atoms. The van der Waals surface area contributed by atoms with Gasteiger partial charge in [-0.15, -0.1) is 6.58 Å². The van der Waals surface area contributed by atoms with Gasteiger partial charge in [0.2, 0.25) is 0 Å². The Hall–Kier alpha value is -1.12. The van der Waals surface area contributed by atoms with Gasteiger partial charge in [-0.1, -0.05) is 6.08 Å². The van der Waals surface area contributed by atoms with E-state index in [2.05, 4.69) is 6.58 Å². The number of carbonyl (C=O) groups is 2. The van der Waals surface area contributed by atoms with Crippen LogP contribution in [-0.4, -0.2) is 16.9 Å². The van der Waals surface area contributed by atoms with Crippen molar-refractivity contribution in [3.05, 3.63) is 12.7 Å². The molecule has 1 fully saturated rings. The Bertz CT molecular complexity index is 220. The van der Waals surface area contributed by atoms with Crippen molar-refractivity contribution in [2.45, 2.75) is 19.3 Å². The van der Waals surface area contributed by atoms with Crippen LogP contribution < -0.4 is 0 Å². The molecule has 0 unspecified atom stereocenters. The average Bonchev–Trinajstić information content (AvgIpc) is 2.37. The van der Waals surface area contributed by atoms with Crippen LogP contribution in [0.2, 0.25) is 0 Å². The molecule has 2 atom stereocenters. The standard InChI is InChI=1S/C9H12O3/c1-2-8(9(11)12)6-3-4-7(10)5-6/h2,6,8H,1,3-5H2,(H,11,12)/t6-,8+/m0/s1. The predicted octanol–water partition coefficient (Wildman–Crippen LogP) is 1.24. The van der Waals surface area contributed by atoms with Crippen molar-refractivity contribution in [3.63, 3.8) is 0 Å². The molecule has 12 heavy (non-hydrogen) atoms. The maximum absolute atomic E-state index is 10.9. The quantitative estimate of drug-likeness (QED) is 0.645. The summed E-state index contributed by atoms with van der Waals surface area (Å²) >= 11 is 0. The van der Waals surface area contributed by atoms with Crippen LogP contribution in [0.1, 0.15) is 19.3 Å². The molecule has 0 aromatic rings. The lowest BCUT2D eigenvalue weighted by Crippen LogP contribution is -2.19. The van der Waals surface area contributed by atoms with E-state index in [1.165, 1.54) is 6.08 Å². The largest absolute Gasteiger partial charge is 0.481 e. The van der Waals surface area contributed by atoms with Crippen molar-refractivity contribution in [3.8, 4) is 0 Å². The zero-order chi connectivity index (χ0) is 9.14. The second-order valence-corrected chi connectivity index (χ2v) is 3.14. The number of carboxylic acids is 1. The summed E-state index contributed by atoms with van der Waals surface area (Å²) in [5.74, 6) is -1.26. The first-order chi connectivity index (χ1) is 5.65. The molecular weight excluding hydrogens is 156 g/mol. The number of aliphatic carboxylic acids is 1. The summed E-state index contributed by atoms with van der Waals surface area (Å²) in [6, 6.07) is 0. The molecule has 1 saturated carbocycles. The summed E-state index contributed by atoms with van der Waals surface area (Å²) in [6.07, 6.45) is 3.05. The Morgan fingerprint density at radius 3 is 2.75 bits per heavy atom. The minimum Gasteiger partial charge on any atom is -0.481 e. The van der Waals surface area contributed by atoms with Crippen LogP contribution in [0.25, 0.3) is 0 Å². The van der Waals surface area contributed by atoms with Crippen LogP contribution in [-0.2, 0) is 9.59 Å². The summed E-state index contributed by atoms with van der Waals surface area (Å²) < 4.78 is 0. The third kappa shape index (κ3) is 1.72. The monoisotopic (exact) mass is 168 g/mol. The average molecular weight is 168 g/mol. The highest BCUT2D eigenvalue weighted by Gasteiger charge is 2.31. The molecule has 0 heterocycles. The lowest BCUT2D eigenvalue weighted by molar-refractivity contribution is -0.141. The van der Waals surface area contributed by atoms with Gasteiger partial charge in [-0.2, -0.15) is 0 Å². The number of rotatable bonds is 3. The maximum Gasteiger partial charge on any atom is 0.310 e. The minimum atomic E-state index is -0.871. The first-order valence-electron chi connectivity index (χ1n) is 4.02. The van der Waals surface area contributed by atoms with E-state index in [0.29, 0.717) is 19.3 Å². The molecule has 0 saturated heterocycles. The molecule has 3 heteroatoms. The van der Waals surface area contributed by atoms with Crippen LogP contribution >= 0.6 is 0 Å². The third-order valence-corrected chi connectivity index (χ3v) is 2.33. The van der Waals surface area contributed by atoms with Crippen LogP contribution in [0.5, 0.6) is 0 Å². The van der Waals surface area contributed by atoms with Crippen LogP contribution in [0, 0.1) is 11.8 Å². The molecule has 0 aromatic carbocycles. The highest BCUT2D eigenvalue weighted by atomic mass is 16.4. The zero-order valence-corrected chi connectivity index (χ0v) is 6.82. The van der Waals surface area contributed by atoms with Crippen molar-refractivity contribution < 1.29 is 14.7 Å². The van der Waals surface area contributed by atoms with E-state index >= 15 is 0 Å². The number of hydrogen-bond acceptors (Lipinski definition) is 2. The molecule has 1 rings (SSSR count). The molecule has 0 amide bonds. The molecule has 1 N–H and O–H groups in total. The predicted molar refractivity (Wildman–Crippen MR) is 43.7 cm³/mol. The summed E-state index contributed by atoms with van der Waals surface area (Å²) in [4.78, 5) is 21.5. The summed E-state index contributed by atoms with van der Waals surface area (Å²) in [5.41, 5.74) is 0. The molecule has 0 aliphatic heterocycles. The van der Waals surface area contributed by atoms with E-state index in [9.17, 15) is 9.59 Å². The fraction of sp³-hybridized carbons (Fsp3) is 0.556. The maximum atomic E-state index is 10.9. The van der Waals surface area contributed by atoms with Crippen molar-refractivity contribution in [2.75, 3.05) is 0 Å². The fourth-order valence-corrected chi connectivity index (χ4v) is 1.64. The van der Waals surface area contributed by atoms with Crippen molar-refractivity contribution in [1.82, 2.24) is 0 Å². The van der Waals surface area contributed by atoms with Gasteiger partial charge in [0.05, 0.1) is 5.92 Å². The van der Waals surface area contributed by atoms with Gasteiger partial charge < -0.3 is 5.11 Å². The third-order valence-electron chi connectivity index (χ3n) is 2.33. The number of ketones is 1. The van der Waals surface area contributed by atoms with E-state index in [-0.39, 0.29) is 11.7 Å². The molecule has 1 aliphatic rings. The Kier molecular flexibility index (Phi) is 2.63. The second kappa shape index (κ2) is 3.52. The Labute approximate surface area is 71.1 Å². The van der Waals surface area contributed by atoms with Gasteiger partial charge in [-0.05, 0) is 12.3 Å². The van der Waals surface area contributed by atoms with E-state index in [1.807, 2.05) is 0 Å². The number of hydrogen-bond donors (Lipinski definition) is 1. The van der Waals surface area contributed by atoms with Crippen molar-refractivity contribution in [1.29, 1.82) is 0 Å². The first kappa shape index (κ1) is 8.97. The smallest absolute Gasteiger partial charge is 0.310 e. The highest BCUT2D eigenvalue weighted by Crippen LogP contribution is 2.29. The minimum absolute atomic E-state index is 0.0208. The van der Waals surface area contributed by atoms with Crippen LogP contribution in [0.3, 0.4) is 0 Å². The van der Waals surface area contributed by atoms with Crippen LogP contribution in [0.4, 0.5) is 0 Å². The lowest BCUT2D eigenvalue weighted by atomic mass is 9.91. The van der Waals surface area contributed by atoms with E-state index in [4.69, 9.17) is 5.11 Å². The van der Waals surface area contributed by atoms with Crippen LogP contribution in [0.15, 0.2) is 12.7 Å². The SMILES string of the molecule is C=C[C@@H](C(=O)O)[C@H]1CCC(=O)C1. The van der Waals surface area contributed by atoms with E-state index in [0.717, 1.165) is 0 Å². The molecule has 66 valence electrons. The Morgan fingerprint density at radius 1 is 1.75 bits per heavy atom. The zero-order valence-electron chi connectivity index (χ0n) is 6.82.